The highest BCUT2D eigenvalue weighted by atomic mass is 16.5. The van der Waals surface area contributed by atoms with Crippen LogP contribution >= 0.6 is 0 Å². The minimum absolute atomic E-state index is 0.120. The molecule has 11 nitrogen and oxygen atoms in total. The molecule has 218 valence electrons. The zero-order valence-corrected chi connectivity index (χ0v) is 24.0. The zero-order valence-electron chi connectivity index (χ0n) is 24.0. The van der Waals surface area contributed by atoms with E-state index in [1.807, 2.05) is 61.5 Å². The number of rotatable bonds is 7. The fourth-order valence-corrected chi connectivity index (χ4v) is 5.34. The molecule has 0 saturated carbocycles. The molecule has 5 aromatic rings. The SMILES string of the molecule is CCc1c(C(=O)Nc2ccc(-c3nc(-c4ccnc(N5CCOCC5)c4)cnc3N)cc2)c(=O)n(-c2ccccc2)n1C. The van der Waals surface area contributed by atoms with E-state index in [0.717, 1.165) is 30.0 Å². The molecular weight excluding hydrogens is 544 g/mol. The molecule has 0 radical (unpaired) electrons. The van der Waals surface area contributed by atoms with Gasteiger partial charge in [0.25, 0.3) is 11.5 Å². The number of anilines is 3. The molecular formula is C32H32N8O3. The van der Waals surface area contributed by atoms with Gasteiger partial charge in [-0.15, -0.1) is 0 Å². The van der Waals surface area contributed by atoms with Gasteiger partial charge in [-0.2, -0.15) is 0 Å². The smallest absolute Gasteiger partial charge is 0.284 e. The van der Waals surface area contributed by atoms with Gasteiger partial charge in [0, 0.05) is 43.1 Å². The highest BCUT2D eigenvalue weighted by Gasteiger charge is 2.24. The number of ether oxygens (including phenoxy) is 1. The predicted molar refractivity (Wildman–Crippen MR) is 166 cm³/mol. The van der Waals surface area contributed by atoms with Crippen LogP contribution in [0.2, 0.25) is 0 Å². The number of nitrogens with two attached hydrogens (primary N) is 1. The predicted octanol–water partition coefficient (Wildman–Crippen LogP) is 3.93. The summed E-state index contributed by atoms with van der Waals surface area (Å²) in [4.78, 5) is 42.7. The summed E-state index contributed by atoms with van der Waals surface area (Å²) in [7, 11) is 1.79. The summed E-state index contributed by atoms with van der Waals surface area (Å²) in [6.07, 6.45) is 3.94. The highest BCUT2D eigenvalue weighted by molar-refractivity contribution is 6.05. The molecule has 0 bridgehead atoms. The standard InChI is InChI=1S/C32H32N8O3/c1-3-26-28(32(42)40(38(26)2)24-7-5-4-6-8-24)31(41)36-23-11-9-21(10-12-23)29-30(33)35-20-25(37-29)22-13-14-34-27(19-22)39-15-17-43-18-16-39/h4-14,19-20H,3,15-18H2,1-2H3,(H2,33,35)(H,36,41). The van der Waals surface area contributed by atoms with Gasteiger partial charge in [-0.05, 0) is 42.8 Å². The van der Waals surface area contributed by atoms with Crippen molar-refractivity contribution in [1.82, 2.24) is 24.3 Å². The Morgan fingerprint density at radius 1 is 1.00 bits per heavy atom. The van der Waals surface area contributed by atoms with Crippen LogP contribution < -0.4 is 21.5 Å². The van der Waals surface area contributed by atoms with Crippen LogP contribution in [0.4, 0.5) is 17.3 Å². The number of nitrogens with zero attached hydrogens (tertiary/aromatic N) is 6. The number of hydrogen-bond donors (Lipinski definition) is 2. The molecule has 1 saturated heterocycles. The van der Waals surface area contributed by atoms with Gasteiger partial charge < -0.3 is 20.7 Å². The first kappa shape index (κ1) is 27.9. The lowest BCUT2D eigenvalue weighted by Gasteiger charge is -2.28. The van der Waals surface area contributed by atoms with Gasteiger partial charge in [-0.1, -0.05) is 37.3 Å². The van der Waals surface area contributed by atoms with E-state index < -0.39 is 5.91 Å². The number of carbonyl (C=O) groups is 1. The molecule has 1 aliphatic rings. The number of nitrogen functional groups attached to an aromatic ring is 1. The molecule has 4 heterocycles. The molecule has 1 fully saturated rings. The molecule has 0 aliphatic carbocycles. The molecule has 43 heavy (non-hydrogen) atoms. The first-order valence-electron chi connectivity index (χ1n) is 14.1. The molecule has 1 aliphatic heterocycles. The summed E-state index contributed by atoms with van der Waals surface area (Å²) in [5, 5.41) is 2.88. The summed E-state index contributed by atoms with van der Waals surface area (Å²) in [5.41, 5.74) is 10.7. The summed E-state index contributed by atoms with van der Waals surface area (Å²) in [6.45, 7) is 4.83. The van der Waals surface area contributed by atoms with Gasteiger partial charge in [-0.25, -0.2) is 19.6 Å². The molecule has 0 atom stereocenters. The summed E-state index contributed by atoms with van der Waals surface area (Å²) in [6, 6.07) is 20.3. The van der Waals surface area contributed by atoms with Gasteiger partial charge in [0.2, 0.25) is 0 Å². The van der Waals surface area contributed by atoms with Crippen LogP contribution in [0.3, 0.4) is 0 Å². The zero-order chi connectivity index (χ0) is 29.9. The lowest BCUT2D eigenvalue weighted by molar-refractivity contribution is 0.102. The van der Waals surface area contributed by atoms with Crippen LogP contribution in [0.25, 0.3) is 28.2 Å². The molecule has 3 N–H and O–H groups in total. The maximum Gasteiger partial charge on any atom is 0.284 e. The first-order valence-corrected chi connectivity index (χ1v) is 14.1. The van der Waals surface area contributed by atoms with Gasteiger partial charge in [0.1, 0.15) is 22.9 Å². The average molecular weight is 577 g/mol. The van der Waals surface area contributed by atoms with Crippen LogP contribution in [-0.2, 0) is 18.2 Å². The number of carbonyl (C=O) groups excluding carboxylic acids is 1. The minimum atomic E-state index is -0.463. The third kappa shape index (κ3) is 5.50. The van der Waals surface area contributed by atoms with Crippen molar-refractivity contribution >= 4 is 23.2 Å². The van der Waals surface area contributed by atoms with E-state index in [2.05, 4.69) is 20.2 Å². The van der Waals surface area contributed by atoms with Crippen molar-refractivity contribution < 1.29 is 9.53 Å². The van der Waals surface area contributed by atoms with Crippen LogP contribution in [-0.4, -0.2) is 56.5 Å². The summed E-state index contributed by atoms with van der Waals surface area (Å²) >= 11 is 0. The second kappa shape index (κ2) is 11.9. The van der Waals surface area contributed by atoms with Crippen LogP contribution in [0.5, 0.6) is 0 Å². The third-order valence-electron chi connectivity index (χ3n) is 7.54. The third-order valence-corrected chi connectivity index (χ3v) is 7.54. The largest absolute Gasteiger partial charge is 0.382 e. The maximum absolute atomic E-state index is 13.4. The molecule has 1 amide bonds. The van der Waals surface area contributed by atoms with E-state index in [0.29, 0.717) is 53.9 Å². The van der Waals surface area contributed by atoms with Crippen molar-refractivity contribution in [3.05, 3.63) is 101 Å². The van der Waals surface area contributed by atoms with Crippen molar-refractivity contribution in [2.75, 3.05) is 42.3 Å². The fourth-order valence-electron chi connectivity index (χ4n) is 5.34. The Morgan fingerprint density at radius 3 is 2.47 bits per heavy atom. The fraction of sp³-hybridized carbons (Fsp3) is 0.219. The highest BCUT2D eigenvalue weighted by Crippen LogP contribution is 2.28. The first-order chi connectivity index (χ1) is 20.9. The Kier molecular flexibility index (Phi) is 7.71. The number of amides is 1. The van der Waals surface area contributed by atoms with Gasteiger partial charge in [0.15, 0.2) is 0 Å². The molecule has 2 aromatic carbocycles. The average Bonchev–Trinajstić information content (AvgIpc) is 3.31. The maximum atomic E-state index is 13.4. The number of benzene rings is 2. The van der Waals surface area contributed by atoms with Crippen molar-refractivity contribution in [2.24, 2.45) is 7.05 Å². The van der Waals surface area contributed by atoms with Crippen LogP contribution in [0.1, 0.15) is 23.0 Å². The van der Waals surface area contributed by atoms with E-state index in [9.17, 15) is 9.59 Å². The summed E-state index contributed by atoms with van der Waals surface area (Å²) in [5.74, 6) is 0.692. The Balaban J connectivity index is 1.24. The van der Waals surface area contributed by atoms with Crippen LogP contribution in [0.15, 0.2) is 83.9 Å². The van der Waals surface area contributed by atoms with E-state index in [1.54, 1.807) is 36.3 Å². The van der Waals surface area contributed by atoms with E-state index >= 15 is 0 Å². The topological polar surface area (TPSA) is 133 Å². The Morgan fingerprint density at radius 2 is 1.74 bits per heavy atom. The second-order valence-corrected chi connectivity index (χ2v) is 10.2. The Hall–Kier alpha value is -5.29. The molecule has 3 aromatic heterocycles. The van der Waals surface area contributed by atoms with Gasteiger partial charge in [-0.3, -0.25) is 14.3 Å². The molecule has 11 heteroatoms. The van der Waals surface area contributed by atoms with Crippen molar-refractivity contribution in [1.29, 1.82) is 0 Å². The van der Waals surface area contributed by atoms with Crippen molar-refractivity contribution in [3.8, 4) is 28.2 Å². The number of aromatic nitrogens is 5. The van der Waals surface area contributed by atoms with Gasteiger partial charge in [0.05, 0.1) is 36.5 Å². The number of pyridine rings is 1. The summed E-state index contributed by atoms with van der Waals surface area (Å²) < 4.78 is 8.70. The van der Waals surface area contributed by atoms with Crippen LogP contribution in [0, 0.1) is 0 Å². The Labute approximate surface area is 248 Å². The number of nitrogens with one attached hydrogen (secondary N) is 1. The quantitative estimate of drug-likeness (QED) is 0.298. The monoisotopic (exact) mass is 576 g/mol. The van der Waals surface area contributed by atoms with E-state index in [4.69, 9.17) is 15.5 Å². The lowest BCUT2D eigenvalue weighted by Crippen LogP contribution is -2.36. The molecule has 6 rings (SSSR count). The number of hydrogen-bond acceptors (Lipinski definition) is 8. The van der Waals surface area contributed by atoms with Crippen molar-refractivity contribution in [2.45, 2.75) is 13.3 Å². The normalized spacial score (nSPS) is 13.2. The Bertz CT molecular complexity index is 1820. The number of para-hydroxylation sites is 1. The lowest BCUT2D eigenvalue weighted by atomic mass is 10.1. The molecule has 0 unspecified atom stereocenters. The minimum Gasteiger partial charge on any atom is -0.382 e. The van der Waals surface area contributed by atoms with E-state index in [1.165, 1.54) is 4.68 Å². The van der Waals surface area contributed by atoms with Gasteiger partial charge >= 0.3 is 0 Å². The second-order valence-electron chi connectivity index (χ2n) is 10.2. The molecule has 0 spiro atoms. The van der Waals surface area contributed by atoms with E-state index in [-0.39, 0.29) is 11.1 Å². The van der Waals surface area contributed by atoms with Crippen molar-refractivity contribution in [3.63, 3.8) is 0 Å². The number of morpholine rings is 1.